The summed E-state index contributed by atoms with van der Waals surface area (Å²) in [6, 6.07) is 2.15. The number of amides is 3. The predicted octanol–water partition coefficient (Wildman–Crippen LogP) is 4.87. The van der Waals surface area contributed by atoms with E-state index in [-0.39, 0.29) is 42.3 Å². The van der Waals surface area contributed by atoms with Gasteiger partial charge in [0.2, 0.25) is 17.7 Å². The molecule has 0 spiro atoms. The highest BCUT2D eigenvalue weighted by Gasteiger charge is 2.39. The molecule has 6 fully saturated rings. The minimum atomic E-state index is -0.380. The van der Waals surface area contributed by atoms with E-state index in [1.807, 2.05) is 14.1 Å². The number of hydrogen-bond acceptors (Lipinski definition) is 13. The largest absolute Gasteiger partial charge is 0.402 e. The fourth-order valence-corrected chi connectivity index (χ4v) is 8.80. The number of likely N-dealkylation sites (N-methyl/N-ethyl adjacent to an activating group) is 3. The Morgan fingerprint density at radius 3 is 1.21 bits per heavy atom. The van der Waals surface area contributed by atoms with Gasteiger partial charge in [0.1, 0.15) is 12.5 Å². The van der Waals surface area contributed by atoms with Crippen LogP contribution in [0.5, 0.6) is 0 Å². The Morgan fingerprint density at radius 2 is 0.917 bits per heavy atom. The van der Waals surface area contributed by atoms with Crippen molar-refractivity contribution in [1.29, 1.82) is 0 Å². The number of rotatable bonds is 12. The third-order valence-corrected chi connectivity index (χ3v) is 15.7. The van der Waals surface area contributed by atoms with Gasteiger partial charge in [0.15, 0.2) is 0 Å². The first-order valence-electron chi connectivity index (χ1n) is 27.0. The number of carbonyl (C=O) groups is 3. The van der Waals surface area contributed by atoms with Gasteiger partial charge in [0.25, 0.3) is 0 Å². The molecule has 0 bridgehead atoms. The summed E-state index contributed by atoms with van der Waals surface area (Å²) in [6.45, 7) is 55.2. The van der Waals surface area contributed by atoms with Crippen LogP contribution < -0.4 is 11.5 Å². The number of hydrogen-bond donors (Lipinski definition) is 3. The zero-order valence-electron chi connectivity index (χ0n) is 50.0. The first-order chi connectivity index (χ1) is 33.0. The van der Waals surface area contributed by atoms with E-state index < -0.39 is 0 Å². The van der Waals surface area contributed by atoms with Crippen molar-refractivity contribution in [2.24, 2.45) is 29.2 Å². The van der Waals surface area contributed by atoms with Gasteiger partial charge in [-0.05, 0) is 117 Å². The number of ether oxygens (including phenoxy) is 1. The molecule has 0 aromatic carbocycles. The van der Waals surface area contributed by atoms with Crippen LogP contribution in [0.3, 0.4) is 0 Å². The summed E-state index contributed by atoms with van der Waals surface area (Å²) in [5.41, 5.74) is 13.0. The summed E-state index contributed by atoms with van der Waals surface area (Å²) in [5, 5.41) is 8.64. The number of nitrogens with two attached hydrogens (primary N) is 2. The highest BCUT2D eigenvalue weighted by atomic mass is 35.5. The number of nitrogens with zero attached hydrogens (tertiary/aromatic N) is 9. The Morgan fingerprint density at radius 1 is 0.597 bits per heavy atom. The van der Waals surface area contributed by atoms with E-state index >= 15 is 0 Å². The number of halogens is 1. The molecule has 3 amide bonds. The quantitative estimate of drug-likeness (QED) is 0.228. The van der Waals surface area contributed by atoms with Gasteiger partial charge in [0, 0.05) is 159 Å². The molecule has 0 atom stereocenters. The lowest BCUT2D eigenvalue weighted by Crippen LogP contribution is -2.64. The molecule has 6 heterocycles. The maximum Gasteiger partial charge on any atom is 0.248 e. The van der Waals surface area contributed by atoms with Crippen LogP contribution in [0, 0.1) is 17.8 Å². The second-order valence-electron chi connectivity index (χ2n) is 25.7. The van der Waals surface area contributed by atoms with Gasteiger partial charge < -0.3 is 36.0 Å². The third-order valence-electron chi connectivity index (χ3n) is 15.4. The smallest absolute Gasteiger partial charge is 0.248 e. The van der Waals surface area contributed by atoms with Crippen LogP contribution >= 0.6 is 11.6 Å². The summed E-state index contributed by atoms with van der Waals surface area (Å²) in [4.78, 5) is 53.2. The van der Waals surface area contributed by atoms with E-state index in [2.05, 4.69) is 154 Å². The summed E-state index contributed by atoms with van der Waals surface area (Å²) in [7, 11) is 7.19. The number of alkyl halides is 1. The molecule has 72 heavy (non-hydrogen) atoms. The average Bonchev–Trinajstić information content (AvgIpc) is 3.13. The number of aliphatic hydroxyl groups is 1. The second kappa shape index (κ2) is 30.0. The molecule has 6 rings (SSSR count). The molecule has 6 aliphatic rings. The Bertz CT molecular complexity index is 1550. The van der Waals surface area contributed by atoms with Gasteiger partial charge in [0.05, 0.1) is 31.3 Å². The normalized spacial score (nSPS) is 20.3. The predicted molar refractivity (Wildman–Crippen MR) is 301 cm³/mol. The Balaban J connectivity index is 0.000000433. The Kier molecular flexibility index (Phi) is 28.3. The van der Waals surface area contributed by atoms with Crippen molar-refractivity contribution in [2.45, 2.75) is 176 Å². The minimum Gasteiger partial charge on any atom is -0.402 e. The highest BCUT2D eigenvalue weighted by molar-refractivity contribution is 6.27. The van der Waals surface area contributed by atoms with Crippen LogP contribution in [0.4, 0.5) is 0 Å². The summed E-state index contributed by atoms with van der Waals surface area (Å²) in [6.07, 6.45) is 1.35. The van der Waals surface area contributed by atoms with E-state index in [0.29, 0.717) is 52.7 Å². The van der Waals surface area contributed by atoms with Crippen LogP contribution in [0.2, 0.25) is 0 Å². The van der Waals surface area contributed by atoms with E-state index in [0.717, 1.165) is 76.5 Å². The fraction of sp³-hybridized carbons (Fsp3) is 0.909. The number of aliphatic hydroxyl groups excluding tert-OH is 1. The van der Waals surface area contributed by atoms with Crippen LogP contribution in [0.25, 0.3) is 0 Å². The maximum atomic E-state index is 11.3. The highest BCUT2D eigenvalue weighted by Crippen LogP contribution is 2.29. The molecule has 0 saturated carbocycles. The lowest BCUT2D eigenvalue weighted by Gasteiger charge is -2.50. The molecular weight excluding hydrogens is 930 g/mol. The molecule has 0 unspecified atom stereocenters. The minimum absolute atomic E-state index is 0.0187. The number of likely N-dealkylation sites (tertiary alicyclic amines) is 6. The zero-order valence-corrected chi connectivity index (χ0v) is 50.7. The van der Waals surface area contributed by atoms with E-state index in [9.17, 15) is 14.4 Å². The third kappa shape index (κ3) is 22.2. The Labute approximate surface area is 446 Å². The Hall–Kier alpha value is -2.12. The summed E-state index contributed by atoms with van der Waals surface area (Å²) >= 11 is 5.49. The maximum absolute atomic E-state index is 11.3. The average molecular weight is 1040 g/mol. The van der Waals surface area contributed by atoms with Crippen molar-refractivity contribution in [2.75, 3.05) is 132 Å². The van der Waals surface area contributed by atoms with Crippen molar-refractivity contribution in [1.82, 2.24) is 44.1 Å². The monoisotopic (exact) mass is 1040 g/mol. The topological polar surface area (TPSA) is 162 Å². The molecule has 17 heteroatoms. The van der Waals surface area contributed by atoms with Crippen LogP contribution in [-0.2, 0) is 19.1 Å². The van der Waals surface area contributed by atoms with Crippen LogP contribution in [0.1, 0.15) is 124 Å². The standard InChI is InChI=1S/C10H19ClN2O.C9H19N3O.C9H18N2O2.C9H18N2.C9H19NO.C9H19N/c1-10(2,3)13-6-8(7-13)12(4)9(14)5-11;1-7(2)12-5-8(6-12)11(3)9(13)4-10;1-7(2)11-4-8(5-11)10(3)9(13)6-12;1-7(10)8-5-11(6-8)9(2,3)4;1-9(2,3)10-5-8(6-10)7-11-4;1-5-8-6-10(7-8)9(2,3)4/h8H,5-7H2,1-4H3;7-8H,4-6,10H2,1-3H3;7-8,12H,4-6H2,1-3H3;8H,1,5-6,10H2,2-4H3;8H,5-7H2,1-4H3;8H,5-7H2,1-4H3. The van der Waals surface area contributed by atoms with E-state index in [1.165, 1.54) is 32.6 Å². The molecule has 0 radical (unpaired) electrons. The van der Waals surface area contributed by atoms with Gasteiger partial charge in [-0.15, -0.1) is 11.6 Å². The van der Waals surface area contributed by atoms with Crippen LogP contribution in [0.15, 0.2) is 12.3 Å². The lowest BCUT2D eigenvalue weighted by atomic mass is 9.91. The van der Waals surface area contributed by atoms with Crippen molar-refractivity contribution in [3.05, 3.63) is 12.3 Å². The van der Waals surface area contributed by atoms with Crippen molar-refractivity contribution < 1.29 is 24.2 Å². The van der Waals surface area contributed by atoms with E-state index in [1.54, 1.807) is 28.9 Å². The molecular formula is C55H112ClN11O5. The lowest BCUT2D eigenvalue weighted by molar-refractivity contribution is -0.138. The molecule has 6 aliphatic heterocycles. The first-order valence-corrected chi connectivity index (χ1v) is 27.6. The summed E-state index contributed by atoms with van der Waals surface area (Å²) < 4.78 is 5.08. The number of methoxy groups -OCH3 is 1. The van der Waals surface area contributed by atoms with Crippen LogP contribution in [-0.4, -0.2) is 252 Å². The van der Waals surface area contributed by atoms with Crippen molar-refractivity contribution in [3.8, 4) is 0 Å². The van der Waals surface area contributed by atoms with Crippen molar-refractivity contribution >= 4 is 29.3 Å². The molecule has 0 aromatic heterocycles. The molecule has 16 nitrogen and oxygen atoms in total. The molecule has 424 valence electrons. The first kappa shape index (κ1) is 67.9. The molecule has 5 N–H and O–H groups in total. The van der Waals surface area contributed by atoms with Gasteiger partial charge in [-0.3, -0.25) is 43.8 Å². The van der Waals surface area contributed by atoms with E-state index in [4.69, 9.17) is 32.9 Å². The van der Waals surface area contributed by atoms with Gasteiger partial charge in [-0.2, -0.15) is 0 Å². The fourth-order valence-electron chi connectivity index (χ4n) is 8.61. The molecule has 0 aromatic rings. The molecule has 0 aliphatic carbocycles. The zero-order chi connectivity index (χ0) is 55.9. The summed E-state index contributed by atoms with van der Waals surface area (Å²) in [5.74, 6) is 2.25. The SMILES string of the molecule is C=C(N)C1CN(C(C)(C)C)C1.CC(C)N1CC(N(C)C(=O)CN)C1.CC(C)N1CC(N(C)C(=O)CO)C1.CCC1CN(C(C)(C)C)C1.CN(C(=O)CCl)C1CN(C(C)(C)C)C1.COCC1CN(C(C)(C)C)C1. The second-order valence-corrected chi connectivity index (χ2v) is 26.0. The van der Waals surface area contributed by atoms with Crippen molar-refractivity contribution in [3.63, 3.8) is 0 Å². The number of carbonyl (C=O) groups excluding carboxylic acids is 3. The van der Waals surface area contributed by atoms with Gasteiger partial charge in [-0.25, -0.2) is 0 Å². The van der Waals surface area contributed by atoms with Gasteiger partial charge in [-0.1, -0.05) is 19.9 Å². The molecule has 6 saturated heterocycles. The van der Waals surface area contributed by atoms with Gasteiger partial charge >= 0.3 is 0 Å².